The second kappa shape index (κ2) is 8.64. The molecular weight excluding hydrogens is 455 g/mol. The molecule has 4 fully saturated rings. The van der Waals surface area contributed by atoms with Crippen LogP contribution in [0.2, 0.25) is 0 Å². The minimum absolute atomic E-state index is 0.287. The van der Waals surface area contributed by atoms with Crippen LogP contribution in [0.25, 0.3) is 0 Å². The Morgan fingerprint density at radius 3 is 2.79 bits per heavy atom. The molecule has 34 heavy (non-hydrogen) atoms. The molecule has 2 aromatic rings. The Morgan fingerprint density at radius 1 is 1.24 bits per heavy atom. The number of piperidine rings is 3. The highest BCUT2D eigenvalue weighted by atomic mass is 32.2. The number of halogens is 1. The molecule has 5 aliphatic rings. The van der Waals surface area contributed by atoms with Crippen LogP contribution in [0, 0.1) is 23.6 Å². The lowest BCUT2D eigenvalue weighted by Crippen LogP contribution is -2.48. The van der Waals surface area contributed by atoms with Crippen molar-refractivity contribution in [2.45, 2.75) is 36.5 Å². The van der Waals surface area contributed by atoms with Gasteiger partial charge in [0.2, 0.25) is 0 Å². The van der Waals surface area contributed by atoms with Crippen molar-refractivity contribution < 1.29 is 22.9 Å². The van der Waals surface area contributed by atoms with Gasteiger partial charge >= 0.3 is 5.97 Å². The van der Waals surface area contributed by atoms with Crippen molar-refractivity contribution in [2.75, 3.05) is 38.1 Å². The first-order chi connectivity index (χ1) is 16.5. The van der Waals surface area contributed by atoms with Gasteiger partial charge in [-0.05, 0) is 86.4 Å². The summed E-state index contributed by atoms with van der Waals surface area (Å²) in [5, 5.41) is 0. The number of hydrogen-bond donors (Lipinski definition) is 1. The van der Waals surface area contributed by atoms with Crippen LogP contribution >= 0.6 is 0 Å². The molecule has 180 valence electrons. The predicted molar refractivity (Wildman–Crippen MR) is 128 cm³/mol. The second-order valence-electron chi connectivity index (χ2n) is 10.1. The molecule has 0 aromatic heterocycles. The van der Waals surface area contributed by atoms with Crippen molar-refractivity contribution in [3.63, 3.8) is 0 Å². The summed E-state index contributed by atoms with van der Waals surface area (Å²) in [4.78, 5) is 15.8. The van der Waals surface area contributed by atoms with Gasteiger partial charge in [-0.1, -0.05) is 10.3 Å². The van der Waals surface area contributed by atoms with Crippen LogP contribution in [0.4, 0.5) is 10.1 Å². The third-order valence-corrected chi connectivity index (χ3v) is 9.42. The molecule has 4 aliphatic heterocycles. The van der Waals surface area contributed by atoms with Crippen molar-refractivity contribution in [3.8, 4) is 5.75 Å². The average Bonchev–Trinajstić information content (AvgIpc) is 3.64. The molecule has 3 saturated heterocycles. The van der Waals surface area contributed by atoms with Crippen molar-refractivity contribution >= 4 is 22.6 Å². The van der Waals surface area contributed by atoms with Crippen molar-refractivity contribution in [3.05, 3.63) is 52.8 Å². The number of thiol groups is 1. The number of hydrogen-bond acceptors (Lipinski definition) is 5. The largest absolute Gasteiger partial charge is 0.492 e. The van der Waals surface area contributed by atoms with E-state index in [-0.39, 0.29) is 11.4 Å². The Balaban J connectivity index is 1.30. The molecule has 4 atom stereocenters. The summed E-state index contributed by atoms with van der Waals surface area (Å²) in [5.41, 5.74) is 2.50. The average molecular weight is 486 g/mol. The number of methoxy groups -OCH3 is 1. The van der Waals surface area contributed by atoms with Gasteiger partial charge in [0.25, 0.3) is 0 Å². The molecule has 6 nitrogen and oxygen atoms in total. The van der Waals surface area contributed by atoms with Crippen LogP contribution in [0.15, 0.2) is 35.2 Å². The Morgan fingerprint density at radius 2 is 2.06 bits per heavy atom. The number of fused-ring (bicyclic) bond motifs is 6. The van der Waals surface area contributed by atoms with Crippen molar-refractivity contribution in [1.82, 2.24) is 4.90 Å². The van der Waals surface area contributed by atoms with Gasteiger partial charge in [0.15, 0.2) is 15.9 Å². The molecule has 0 amide bonds. The van der Waals surface area contributed by atoms with Gasteiger partial charge in [-0.2, -0.15) is 0 Å². The lowest BCUT2D eigenvalue weighted by molar-refractivity contribution is 0.0509. The van der Waals surface area contributed by atoms with Crippen LogP contribution in [-0.4, -0.2) is 44.2 Å². The SMILES string of the molecule is COC(=O)c1c(N[SH+](=O)c2ccc(F)cc2CC2CN3CCC2CC3)ccc2c1OCC1CC21. The molecule has 0 radical (unpaired) electrons. The molecule has 4 unspecified atom stereocenters. The number of nitrogens with one attached hydrogen (secondary N) is 1. The van der Waals surface area contributed by atoms with Crippen LogP contribution < -0.4 is 9.46 Å². The number of ether oxygens (including phenoxy) is 2. The smallest absolute Gasteiger partial charge is 0.343 e. The maximum absolute atomic E-state index is 14.2. The number of nitrogens with zero attached hydrogens (tertiary/aromatic N) is 1. The summed E-state index contributed by atoms with van der Waals surface area (Å²) in [5.74, 6) is 1.71. The number of carbonyl (C=O) groups is 1. The topological polar surface area (TPSA) is 67.9 Å². The minimum atomic E-state index is -2.12. The first-order valence-electron chi connectivity index (χ1n) is 12.1. The first kappa shape index (κ1) is 22.0. The summed E-state index contributed by atoms with van der Waals surface area (Å²) in [6.07, 6.45) is 4.13. The molecule has 7 rings (SSSR count). The van der Waals surface area contributed by atoms with E-state index in [1.807, 2.05) is 6.07 Å². The fraction of sp³-hybridized carbons (Fsp3) is 0.500. The highest BCUT2D eigenvalue weighted by Gasteiger charge is 2.45. The van der Waals surface area contributed by atoms with Crippen LogP contribution in [0.1, 0.15) is 46.7 Å². The quantitative estimate of drug-likeness (QED) is 0.380. The summed E-state index contributed by atoms with van der Waals surface area (Å²) in [6, 6.07) is 8.23. The van der Waals surface area contributed by atoms with Gasteiger partial charge in [0.05, 0.1) is 19.4 Å². The van der Waals surface area contributed by atoms with E-state index < -0.39 is 17.0 Å². The Bertz CT molecular complexity index is 1160. The van der Waals surface area contributed by atoms with Gasteiger partial charge in [-0.15, -0.1) is 0 Å². The molecule has 2 aromatic carbocycles. The van der Waals surface area contributed by atoms with E-state index in [1.165, 1.54) is 32.1 Å². The molecule has 1 aliphatic carbocycles. The zero-order valence-electron chi connectivity index (χ0n) is 19.3. The van der Waals surface area contributed by atoms with E-state index in [0.29, 0.717) is 53.0 Å². The molecular formula is C26H30FN2O4S+. The standard InChI is InChI=1S/C26H29FN2O4S/c1-32-26(30)24-22(4-3-20-21-12-18(21)14-33-25(20)24)28-34(31)23-5-2-19(27)11-16(23)10-17-13-29-8-6-15(17)7-9-29/h2-5,11,15,17-18,21H,6-10,12-14H2,1H3,(H,28,31)/p+1. The molecule has 4 heterocycles. The Hall–Kier alpha value is -2.45. The molecule has 1 saturated carbocycles. The Kier molecular flexibility index (Phi) is 5.60. The van der Waals surface area contributed by atoms with E-state index in [0.717, 1.165) is 37.2 Å². The highest BCUT2D eigenvalue weighted by Crippen LogP contribution is 2.55. The van der Waals surface area contributed by atoms with Crippen LogP contribution in [0.3, 0.4) is 0 Å². The third kappa shape index (κ3) is 3.90. The maximum atomic E-state index is 14.2. The highest BCUT2D eigenvalue weighted by molar-refractivity contribution is 7.86. The van der Waals surface area contributed by atoms with Crippen LogP contribution in [0.5, 0.6) is 5.75 Å². The van der Waals surface area contributed by atoms with Gasteiger partial charge in [0, 0.05) is 18.0 Å². The monoisotopic (exact) mass is 485 g/mol. The number of benzene rings is 2. The molecule has 0 spiro atoms. The maximum Gasteiger partial charge on any atom is 0.343 e. The number of rotatable bonds is 6. The number of esters is 1. The summed E-state index contributed by atoms with van der Waals surface area (Å²) >= 11 is 0. The Labute approximate surface area is 201 Å². The van der Waals surface area contributed by atoms with Gasteiger partial charge in [-0.25, -0.2) is 13.9 Å². The van der Waals surface area contributed by atoms with Crippen molar-refractivity contribution in [2.24, 2.45) is 17.8 Å². The molecule has 2 bridgehead atoms. The predicted octanol–water partition coefficient (Wildman–Crippen LogP) is 4.07. The first-order valence-corrected chi connectivity index (χ1v) is 13.4. The molecule has 8 heteroatoms. The van der Waals surface area contributed by atoms with E-state index in [4.69, 9.17) is 9.47 Å². The van der Waals surface area contributed by atoms with E-state index in [1.54, 1.807) is 12.1 Å². The summed E-state index contributed by atoms with van der Waals surface area (Å²) in [6.45, 7) is 3.89. The van der Waals surface area contributed by atoms with Gasteiger partial charge in [0.1, 0.15) is 17.1 Å². The van der Waals surface area contributed by atoms with Crippen LogP contribution in [-0.2, 0) is 26.4 Å². The number of anilines is 1. The third-order valence-electron chi connectivity index (χ3n) is 8.10. The van der Waals surface area contributed by atoms with Crippen molar-refractivity contribution in [1.29, 1.82) is 0 Å². The van der Waals surface area contributed by atoms with E-state index in [9.17, 15) is 13.4 Å². The molecule has 1 N–H and O–H groups in total. The zero-order chi connectivity index (χ0) is 23.4. The zero-order valence-corrected chi connectivity index (χ0v) is 20.2. The van der Waals surface area contributed by atoms with E-state index >= 15 is 0 Å². The minimum Gasteiger partial charge on any atom is -0.492 e. The van der Waals surface area contributed by atoms with Gasteiger partial charge < -0.3 is 14.4 Å². The second-order valence-corrected chi connectivity index (χ2v) is 11.4. The lowest BCUT2D eigenvalue weighted by atomic mass is 9.76. The fourth-order valence-corrected chi connectivity index (χ4v) is 7.29. The van der Waals surface area contributed by atoms with Gasteiger partial charge in [-0.3, -0.25) is 0 Å². The summed E-state index contributed by atoms with van der Waals surface area (Å²) in [7, 11) is -0.789. The fourth-order valence-electron chi connectivity index (χ4n) is 6.13. The van der Waals surface area contributed by atoms with E-state index in [2.05, 4.69) is 9.62 Å². The lowest BCUT2D eigenvalue weighted by Gasteiger charge is -2.45. The normalized spacial score (nSPS) is 29.4. The summed E-state index contributed by atoms with van der Waals surface area (Å²) < 4.78 is 41.8. The number of carbonyl (C=O) groups excluding carboxylic acids is 1.